The summed E-state index contributed by atoms with van der Waals surface area (Å²) in [7, 11) is 0. The summed E-state index contributed by atoms with van der Waals surface area (Å²) in [4.78, 5) is 0. The first-order chi connectivity index (χ1) is 9.42. The lowest BCUT2D eigenvalue weighted by Crippen LogP contribution is -2.28. The van der Waals surface area contributed by atoms with Crippen LogP contribution in [0.4, 0.5) is 0 Å². The van der Waals surface area contributed by atoms with E-state index in [9.17, 15) is 0 Å². The summed E-state index contributed by atoms with van der Waals surface area (Å²) in [5, 5.41) is 7.95. The smallest absolute Gasteiger partial charge is 0.0662 e. The molecule has 0 aliphatic carbocycles. The van der Waals surface area contributed by atoms with Crippen LogP contribution >= 0.6 is 11.8 Å². The summed E-state index contributed by atoms with van der Waals surface area (Å²) in [6.07, 6.45) is 5.14. The number of benzene rings is 1. The SMILES string of the molecule is c1ccc(Cn2cccn2)c(CNC2CCSC2)c1. The van der Waals surface area contributed by atoms with E-state index in [0.717, 1.165) is 13.1 Å². The number of nitrogens with zero attached hydrogens (tertiary/aromatic N) is 2. The van der Waals surface area contributed by atoms with Crippen LogP contribution in [0.5, 0.6) is 0 Å². The van der Waals surface area contributed by atoms with Gasteiger partial charge >= 0.3 is 0 Å². The van der Waals surface area contributed by atoms with Crippen molar-refractivity contribution >= 4 is 11.8 Å². The van der Waals surface area contributed by atoms with Crippen LogP contribution in [0.15, 0.2) is 42.7 Å². The quantitative estimate of drug-likeness (QED) is 0.908. The summed E-state index contributed by atoms with van der Waals surface area (Å²) in [5.41, 5.74) is 2.74. The molecule has 1 aromatic carbocycles. The van der Waals surface area contributed by atoms with Crippen molar-refractivity contribution in [1.82, 2.24) is 15.1 Å². The number of nitrogens with one attached hydrogen (secondary N) is 1. The molecule has 0 saturated carbocycles. The van der Waals surface area contributed by atoms with E-state index in [-0.39, 0.29) is 0 Å². The zero-order valence-corrected chi connectivity index (χ0v) is 11.8. The van der Waals surface area contributed by atoms with Crippen LogP contribution in [0.25, 0.3) is 0 Å². The van der Waals surface area contributed by atoms with Crippen LogP contribution in [0.1, 0.15) is 17.5 Å². The second-order valence-corrected chi connectivity index (χ2v) is 6.06. The zero-order valence-electron chi connectivity index (χ0n) is 11.0. The number of aromatic nitrogens is 2. The van der Waals surface area contributed by atoms with E-state index in [1.165, 1.54) is 29.1 Å². The Morgan fingerprint density at radius 2 is 2.16 bits per heavy atom. The van der Waals surface area contributed by atoms with Gasteiger partial charge in [0.15, 0.2) is 0 Å². The van der Waals surface area contributed by atoms with Gasteiger partial charge in [-0.3, -0.25) is 4.68 Å². The highest BCUT2D eigenvalue weighted by molar-refractivity contribution is 7.99. The Kier molecular flexibility index (Phi) is 4.20. The summed E-state index contributed by atoms with van der Waals surface area (Å²) in [5.74, 6) is 2.55. The fourth-order valence-electron chi connectivity index (χ4n) is 2.40. The van der Waals surface area contributed by atoms with Gasteiger partial charge in [0.25, 0.3) is 0 Å². The Morgan fingerprint density at radius 3 is 2.89 bits per heavy atom. The number of rotatable bonds is 5. The summed E-state index contributed by atoms with van der Waals surface area (Å²) in [6, 6.07) is 11.3. The maximum Gasteiger partial charge on any atom is 0.0662 e. The van der Waals surface area contributed by atoms with Crippen LogP contribution in [0, 0.1) is 0 Å². The monoisotopic (exact) mass is 273 g/mol. The van der Waals surface area contributed by atoms with Crippen LogP contribution < -0.4 is 5.32 Å². The van der Waals surface area contributed by atoms with Crippen molar-refractivity contribution in [1.29, 1.82) is 0 Å². The van der Waals surface area contributed by atoms with E-state index in [4.69, 9.17) is 0 Å². The topological polar surface area (TPSA) is 29.9 Å². The van der Waals surface area contributed by atoms with Gasteiger partial charge < -0.3 is 5.32 Å². The van der Waals surface area contributed by atoms with Crippen molar-refractivity contribution in [2.24, 2.45) is 0 Å². The van der Waals surface area contributed by atoms with Gasteiger partial charge in [-0.15, -0.1) is 0 Å². The molecule has 0 radical (unpaired) electrons. The predicted molar refractivity (Wildman–Crippen MR) is 80.3 cm³/mol. The normalized spacial score (nSPS) is 18.8. The second kappa shape index (κ2) is 6.26. The molecular weight excluding hydrogens is 254 g/mol. The summed E-state index contributed by atoms with van der Waals surface area (Å²) < 4.78 is 1.98. The van der Waals surface area contributed by atoms with Crippen LogP contribution in [-0.4, -0.2) is 27.3 Å². The van der Waals surface area contributed by atoms with Crippen molar-refractivity contribution in [2.75, 3.05) is 11.5 Å². The molecule has 1 aliphatic rings. The lowest BCUT2D eigenvalue weighted by molar-refractivity contribution is 0.553. The Bertz CT molecular complexity index is 504. The molecule has 1 fully saturated rings. The number of hydrogen-bond donors (Lipinski definition) is 1. The molecular formula is C15H19N3S. The van der Waals surface area contributed by atoms with Crippen molar-refractivity contribution < 1.29 is 0 Å². The Balaban J connectivity index is 1.66. The van der Waals surface area contributed by atoms with Gasteiger partial charge in [-0.2, -0.15) is 16.9 Å². The van der Waals surface area contributed by atoms with Crippen molar-refractivity contribution in [3.63, 3.8) is 0 Å². The molecule has 19 heavy (non-hydrogen) atoms. The van der Waals surface area contributed by atoms with Crippen LogP contribution in [-0.2, 0) is 13.1 Å². The molecule has 2 heterocycles. The molecule has 1 aromatic heterocycles. The fourth-order valence-corrected chi connectivity index (χ4v) is 3.59. The van der Waals surface area contributed by atoms with Gasteiger partial charge in [-0.25, -0.2) is 0 Å². The minimum atomic E-state index is 0.683. The minimum absolute atomic E-state index is 0.683. The Hall–Kier alpha value is -1.26. The van der Waals surface area contributed by atoms with Crippen molar-refractivity contribution in [3.8, 4) is 0 Å². The molecule has 0 spiro atoms. The number of thioether (sulfide) groups is 1. The van der Waals surface area contributed by atoms with Gasteiger partial charge in [0.1, 0.15) is 0 Å². The first-order valence-electron chi connectivity index (χ1n) is 6.77. The van der Waals surface area contributed by atoms with Crippen LogP contribution in [0.3, 0.4) is 0 Å². The average Bonchev–Trinajstić information content (AvgIpc) is 3.10. The number of hydrogen-bond acceptors (Lipinski definition) is 3. The second-order valence-electron chi connectivity index (χ2n) is 4.91. The molecule has 4 heteroatoms. The Labute approximate surface area is 118 Å². The molecule has 1 unspecified atom stereocenters. The van der Waals surface area contributed by atoms with Gasteiger partial charge in [-0.05, 0) is 29.4 Å². The van der Waals surface area contributed by atoms with E-state index in [1.54, 1.807) is 0 Å². The molecule has 0 amide bonds. The van der Waals surface area contributed by atoms with Gasteiger partial charge in [0.2, 0.25) is 0 Å². The molecule has 3 nitrogen and oxygen atoms in total. The summed E-state index contributed by atoms with van der Waals surface area (Å²) in [6.45, 7) is 1.81. The van der Waals surface area contributed by atoms with Crippen molar-refractivity contribution in [2.45, 2.75) is 25.6 Å². The maximum atomic E-state index is 4.28. The standard InChI is InChI=1S/C15H19N3S/c1-2-5-14(11-18-8-3-7-17-18)13(4-1)10-16-15-6-9-19-12-15/h1-5,7-8,15-16H,6,9-12H2. The third-order valence-electron chi connectivity index (χ3n) is 3.52. The molecule has 1 atom stereocenters. The lowest BCUT2D eigenvalue weighted by Gasteiger charge is -2.14. The van der Waals surface area contributed by atoms with E-state index in [0.29, 0.717) is 6.04 Å². The highest BCUT2D eigenvalue weighted by Gasteiger charge is 2.14. The highest BCUT2D eigenvalue weighted by Crippen LogP contribution is 2.18. The maximum absolute atomic E-state index is 4.28. The molecule has 0 bridgehead atoms. The zero-order chi connectivity index (χ0) is 12.9. The fraction of sp³-hybridized carbons (Fsp3) is 0.400. The highest BCUT2D eigenvalue weighted by atomic mass is 32.2. The third-order valence-corrected chi connectivity index (χ3v) is 4.68. The molecule has 1 saturated heterocycles. The molecule has 2 aromatic rings. The average molecular weight is 273 g/mol. The van der Waals surface area contributed by atoms with Gasteiger partial charge in [-0.1, -0.05) is 24.3 Å². The van der Waals surface area contributed by atoms with E-state index < -0.39 is 0 Å². The van der Waals surface area contributed by atoms with Crippen molar-refractivity contribution in [3.05, 3.63) is 53.9 Å². The molecule has 1 aliphatic heterocycles. The first-order valence-corrected chi connectivity index (χ1v) is 7.92. The minimum Gasteiger partial charge on any atom is -0.309 e. The Morgan fingerprint density at radius 1 is 1.26 bits per heavy atom. The summed E-state index contributed by atoms with van der Waals surface area (Å²) >= 11 is 2.05. The predicted octanol–water partition coefficient (Wildman–Crippen LogP) is 2.53. The largest absolute Gasteiger partial charge is 0.309 e. The van der Waals surface area contributed by atoms with Gasteiger partial charge in [0.05, 0.1) is 6.54 Å². The molecule has 3 rings (SSSR count). The van der Waals surface area contributed by atoms with E-state index >= 15 is 0 Å². The van der Waals surface area contributed by atoms with E-state index in [2.05, 4.69) is 34.7 Å². The first kappa shape index (κ1) is 12.8. The van der Waals surface area contributed by atoms with Gasteiger partial charge in [0, 0.05) is 30.7 Å². The lowest BCUT2D eigenvalue weighted by atomic mass is 10.1. The third kappa shape index (κ3) is 3.39. The van der Waals surface area contributed by atoms with E-state index in [1.807, 2.05) is 34.9 Å². The van der Waals surface area contributed by atoms with Crippen LogP contribution in [0.2, 0.25) is 0 Å². The molecule has 1 N–H and O–H groups in total. The molecule has 100 valence electrons.